The second-order valence-corrected chi connectivity index (χ2v) is 7.92. The minimum Gasteiger partial charge on any atom is -0.327 e. The van der Waals surface area contributed by atoms with Gasteiger partial charge in [0, 0.05) is 18.4 Å². The third kappa shape index (κ3) is 2.21. The lowest BCUT2D eigenvalue weighted by atomic mass is 10.1. The van der Waals surface area contributed by atoms with Crippen molar-refractivity contribution < 1.29 is 8.42 Å². The molecule has 0 radical (unpaired) electrons. The van der Waals surface area contributed by atoms with E-state index in [4.69, 9.17) is 0 Å². The van der Waals surface area contributed by atoms with E-state index in [9.17, 15) is 8.42 Å². The number of pyridine rings is 1. The molecule has 0 spiro atoms. The van der Waals surface area contributed by atoms with Crippen LogP contribution in [0.4, 0.5) is 0 Å². The van der Waals surface area contributed by atoms with Crippen molar-refractivity contribution in [2.24, 2.45) is 0 Å². The molecule has 4 heterocycles. The van der Waals surface area contributed by atoms with Crippen LogP contribution in [0.1, 0.15) is 18.9 Å². The van der Waals surface area contributed by atoms with E-state index in [0.717, 1.165) is 17.0 Å². The standard InChI is InChI=1S/C15H16N4O2S/c20-22(21)10-5-12(6-11-22)18-9-8-16-15(18)14-3-1-2-13-4-7-17-19(13)14/h1-4,7-9,12H,5-6,10-11H2. The number of aromatic nitrogens is 4. The Kier molecular flexibility index (Phi) is 3.04. The minimum absolute atomic E-state index is 0.173. The van der Waals surface area contributed by atoms with Crippen molar-refractivity contribution in [3.8, 4) is 11.5 Å². The first-order chi connectivity index (χ1) is 10.6. The van der Waals surface area contributed by atoms with Crippen LogP contribution in [0.5, 0.6) is 0 Å². The molecule has 0 amide bonds. The number of imidazole rings is 1. The lowest BCUT2D eigenvalue weighted by molar-refractivity contribution is 0.452. The fraction of sp³-hybridized carbons (Fsp3) is 0.333. The highest BCUT2D eigenvalue weighted by molar-refractivity contribution is 7.91. The van der Waals surface area contributed by atoms with Gasteiger partial charge >= 0.3 is 0 Å². The molecule has 0 unspecified atom stereocenters. The molecule has 1 aliphatic rings. The molecule has 0 aromatic carbocycles. The van der Waals surface area contributed by atoms with Gasteiger partial charge in [-0.15, -0.1) is 0 Å². The predicted molar refractivity (Wildman–Crippen MR) is 83.3 cm³/mol. The Morgan fingerprint density at radius 1 is 1.09 bits per heavy atom. The highest BCUT2D eigenvalue weighted by Crippen LogP contribution is 2.29. The van der Waals surface area contributed by atoms with Gasteiger partial charge in [-0.25, -0.2) is 17.9 Å². The second-order valence-electron chi connectivity index (χ2n) is 5.62. The van der Waals surface area contributed by atoms with Crippen molar-refractivity contribution >= 4 is 15.4 Å². The minimum atomic E-state index is -2.86. The van der Waals surface area contributed by atoms with Crippen LogP contribution in [0.3, 0.4) is 0 Å². The van der Waals surface area contributed by atoms with Crippen LogP contribution in [-0.4, -0.2) is 39.1 Å². The molecule has 114 valence electrons. The van der Waals surface area contributed by atoms with Crippen LogP contribution in [0.25, 0.3) is 17.0 Å². The van der Waals surface area contributed by atoms with Gasteiger partial charge in [-0.2, -0.15) is 5.10 Å². The van der Waals surface area contributed by atoms with Crippen molar-refractivity contribution in [2.45, 2.75) is 18.9 Å². The van der Waals surface area contributed by atoms with Crippen LogP contribution in [-0.2, 0) is 9.84 Å². The first-order valence-electron chi connectivity index (χ1n) is 7.30. The van der Waals surface area contributed by atoms with Crippen molar-refractivity contribution in [1.82, 2.24) is 19.2 Å². The molecule has 22 heavy (non-hydrogen) atoms. The summed E-state index contributed by atoms with van der Waals surface area (Å²) in [7, 11) is -2.86. The van der Waals surface area contributed by atoms with Gasteiger partial charge < -0.3 is 4.57 Å². The summed E-state index contributed by atoms with van der Waals surface area (Å²) < 4.78 is 27.2. The summed E-state index contributed by atoms with van der Waals surface area (Å²) in [6, 6.07) is 8.09. The molecule has 1 fully saturated rings. The SMILES string of the molecule is O=S1(=O)CCC(n2ccnc2-c2cccc3ccnn23)CC1. The van der Waals surface area contributed by atoms with Gasteiger partial charge in [-0.05, 0) is 31.0 Å². The Hall–Kier alpha value is -2.15. The molecule has 1 saturated heterocycles. The van der Waals surface area contributed by atoms with Gasteiger partial charge in [0.15, 0.2) is 5.82 Å². The van der Waals surface area contributed by atoms with Crippen LogP contribution < -0.4 is 0 Å². The summed E-state index contributed by atoms with van der Waals surface area (Å²) in [6.45, 7) is 0. The number of fused-ring (bicyclic) bond motifs is 1. The zero-order valence-corrected chi connectivity index (χ0v) is 12.8. The first kappa shape index (κ1) is 13.5. The molecular formula is C15H16N4O2S. The van der Waals surface area contributed by atoms with Crippen molar-refractivity contribution in [1.29, 1.82) is 0 Å². The Bertz CT molecular complexity index is 912. The summed E-state index contributed by atoms with van der Waals surface area (Å²) in [5, 5.41) is 4.35. The molecule has 7 heteroatoms. The van der Waals surface area contributed by atoms with Gasteiger partial charge in [0.1, 0.15) is 15.5 Å². The lowest BCUT2D eigenvalue weighted by Crippen LogP contribution is -2.25. The molecule has 4 rings (SSSR count). The smallest absolute Gasteiger partial charge is 0.158 e. The predicted octanol–water partition coefficient (Wildman–Crippen LogP) is 1.95. The summed E-state index contributed by atoms with van der Waals surface area (Å²) in [6.07, 6.45) is 6.74. The number of hydrogen-bond donors (Lipinski definition) is 0. The van der Waals surface area contributed by atoms with E-state index >= 15 is 0 Å². The quantitative estimate of drug-likeness (QED) is 0.724. The molecule has 1 aliphatic heterocycles. The number of rotatable bonds is 2. The van der Waals surface area contributed by atoms with Crippen molar-refractivity contribution in [3.05, 3.63) is 42.9 Å². The van der Waals surface area contributed by atoms with Gasteiger partial charge in [-0.1, -0.05) is 6.07 Å². The Morgan fingerprint density at radius 3 is 2.73 bits per heavy atom. The Morgan fingerprint density at radius 2 is 1.91 bits per heavy atom. The van der Waals surface area contributed by atoms with Crippen LogP contribution >= 0.6 is 0 Å². The fourth-order valence-corrected chi connectivity index (χ4v) is 4.55. The highest BCUT2D eigenvalue weighted by atomic mass is 32.2. The molecule has 0 atom stereocenters. The third-order valence-corrected chi connectivity index (χ3v) is 5.95. The molecule has 0 aliphatic carbocycles. The van der Waals surface area contributed by atoms with Crippen LogP contribution in [0.2, 0.25) is 0 Å². The topological polar surface area (TPSA) is 69.3 Å². The summed E-state index contributed by atoms with van der Waals surface area (Å²) >= 11 is 0. The number of hydrogen-bond acceptors (Lipinski definition) is 4. The van der Waals surface area contributed by atoms with Gasteiger partial charge in [0.25, 0.3) is 0 Å². The van der Waals surface area contributed by atoms with E-state index in [1.54, 1.807) is 12.4 Å². The zero-order chi connectivity index (χ0) is 15.2. The van der Waals surface area contributed by atoms with E-state index in [1.807, 2.05) is 35.0 Å². The van der Waals surface area contributed by atoms with Crippen LogP contribution in [0, 0.1) is 0 Å². The maximum absolute atomic E-state index is 11.6. The molecule has 0 saturated carbocycles. The summed E-state index contributed by atoms with van der Waals surface area (Å²) in [5.41, 5.74) is 1.93. The van der Waals surface area contributed by atoms with E-state index in [0.29, 0.717) is 12.8 Å². The van der Waals surface area contributed by atoms with Gasteiger partial charge in [-0.3, -0.25) is 0 Å². The van der Waals surface area contributed by atoms with Crippen LogP contribution in [0.15, 0.2) is 42.9 Å². The summed E-state index contributed by atoms with van der Waals surface area (Å²) in [5.74, 6) is 1.33. The van der Waals surface area contributed by atoms with Crippen molar-refractivity contribution in [2.75, 3.05) is 11.5 Å². The second kappa shape index (κ2) is 4.95. The Labute approximate surface area is 128 Å². The molecule has 0 bridgehead atoms. The summed E-state index contributed by atoms with van der Waals surface area (Å²) in [4.78, 5) is 4.48. The van der Waals surface area contributed by atoms with E-state index in [-0.39, 0.29) is 17.5 Å². The first-order valence-corrected chi connectivity index (χ1v) is 9.13. The number of sulfone groups is 1. The average molecular weight is 316 g/mol. The number of nitrogens with zero attached hydrogens (tertiary/aromatic N) is 4. The molecule has 3 aromatic rings. The third-order valence-electron chi connectivity index (χ3n) is 4.24. The van der Waals surface area contributed by atoms with Gasteiger partial charge in [0.2, 0.25) is 0 Å². The normalized spacial score (nSPS) is 18.7. The lowest BCUT2D eigenvalue weighted by Gasteiger charge is -2.24. The molecule has 3 aromatic heterocycles. The van der Waals surface area contributed by atoms with Crippen molar-refractivity contribution in [3.63, 3.8) is 0 Å². The maximum Gasteiger partial charge on any atom is 0.158 e. The van der Waals surface area contributed by atoms with E-state index < -0.39 is 9.84 Å². The van der Waals surface area contributed by atoms with E-state index in [1.165, 1.54) is 0 Å². The maximum atomic E-state index is 11.6. The molecular weight excluding hydrogens is 300 g/mol. The fourth-order valence-electron chi connectivity index (χ4n) is 3.08. The molecule has 6 nitrogen and oxygen atoms in total. The monoisotopic (exact) mass is 316 g/mol. The largest absolute Gasteiger partial charge is 0.327 e. The zero-order valence-electron chi connectivity index (χ0n) is 12.0. The Balaban J connectivity index is 1.76. The van der Waals surface area contributed by atoms with Gasteiger partial charge in [0.05, 0.1) is 23.2 Å². The molecule has 0 N–H and O–H groups in total. The highest BCUT2D eigenvalue weighted by Gasteiger charge is 2.26. The van der Waals surface area contributed by atoms with E-state index in [2.05, 4.69) is 14.6 Å². The average Bonchev–Trinajstić information content (AvgIpc) is 3.15.